The summed E-state index contributed by atoms with van der Waals surface area (Å²) in [6.07, 6.45) is 1.08. The van der Waals surface area contributed by atoms with Gasteiger partial charge in [0.2, 0.25) is 0 Å². The number of aromatic nitrogens is 1. The lowest BCUT2D eigenvalue weighted by atomic mass is 10.0. The molecule has 0 amide bonds. The van der Waals surface area contributed by atoms with Gasteiger partial charge in [-0.05, 0) is 13.3 Å². The zero-order valence-electron chi connectivity index (χ0n) is 7.00. The van der Waals surface area contributed by atoms with E-state index in [1.165, 1.54) is 0 Å². The molecule has 0 aliphatic carbocycles. The van der Waals surface area contributed by atoms with Gasteiger partial charge in [-0.25, -0.2) is 4.98 Å². The third-order valence-electron chi connectivity index (χ3n) is 1.83. The average molecular weight is 170 g/mol. The summed E-state index contributed by atoms with van der Waals surface area (Å²) in [6, 6.07) is 0. The molecule has 0 saturated heterocycles. The van der Waals surface area contributed by atoms with Gasteiger partial charge in [-0.15, -0.1) is 11.3 Å². The van der Waals surface area contributed by atoms with E-state index in [0.717, 1.165) is 17.1 Å². The van der Waals surface area contributed by atoms with E-state index >= 15 is 0 Å². The van der Waals surface area contributed by atoms with Crippen LogP contribution < -0.4 is 5.73 Å². The fourth-order valence-electron chi connectivity index (χ4n) is 1.06. The van der Waals surface area contributed by atoms with Gasteiger partial charge in [-0.2, -0.15) is 0 Å². The van der Waals surface area contributed by atoms with Crippen molar-refractivity contribution in [2.45, 2.75) is 26.2 Å². The molecular formula is C8H14N2S. The zero-order valence-corrected chi connectivity index (χ0v) is 7.82. The molecule has 0 aromatic carbocycles. The average Bonchev–Trinajstić information content (AvgIpc) is 2.39. The summed E-state index contributed by atoms with van der Waals surface area (Å²) in [7, 11) is 0. The van der Waals surface area contributed by atoms with Crippen LogP contribution in [0.15, 0.2) is 5.38 Å². The van der Waals surface area contributed by atoms with Crippen molar-refractivity contribution in [2.75, 3.05) is 6.54 Å². The molecule has 2 nitrogen and oxygen atoms in total. The first kappa shape index (κ1) is 8.68. The van der Waals surface area contributed by atoms with Gasteiger partial charge in [-0.1, -0.05) is 6.92 Å². The Morgan fingerprint density at radius 1 is 1.73 bits per heavy atom. The van der Waals surface area contributed by atoms with Crippen LogP contribution in [-0.4, -0.2) is 11.5 Å². The van der Waals surface area contributed by atoms with Gasteiger partial charge in [0.25, 0.3) is 0 Å². The molecule has 1 atom stereocenters. The number of rotatable bonds is 3. The van der Waals surface area contributed by atoms with Crippen LogP contribution in [0, 0.1) is 6.92 Å². The van der Waals surface area contributed by atoms with Gasteiger partial charge >= 0.3 is 0 Å². The van der Waals surface area contributed by atoms with E-state index in [1.807, 2.05) is 6.92 Å². The summed E-state index contributed by atoms with van der Waals surface area (Å²) in [5.41, 5.74) is 6.75. The maximum Gasteiger partial charge on any atom is 0.0897 e. The summed E-state index contributed by atoms with van der Waals surface area (Å²) >= 11 is 1.70. The van der Waals surface area contributed by atoms with Crippen molar-refractivity contribution in [3.63, 3.8) is 0 Å². The van der Waals surface area contributed by atoms with Gasteiger partial charge in [0.15, 0.2) is 0 Å². The number of thiazole rings is 1. The molecule has 3 heteroatoms. The molecule has 0 bridgehead atoms. The lowest BCUT2D eigenvalue weighted by Gasteiger charge is -2.07. The van der Waals surface area contributed by atoms with E-state index in [-0.39, 0.29) is 0 Å². The molecule has 1 heterocycles. The van der Waals surface area contributed by atoms with E-state index in [4.69, 9.17) is 5.73 Å². The monoisotopic (exact) mass is 170 g/mol. The number of aryl methyl sites for hydroxylation is 1. The first-order valence-corrected chi connectivity index (χ1v) is 4.78. The maximum atomic E-state index is 5.59. The Hall–Kier alpha value is -0.410. The van der Waals surface area contributed by atoms with Crippen LogP contribution in [0.1, 0.15) is 30.0 Å². The van der Waals surface area contributed by atoms with Crippen molar-refractivity contribution < 1.29 is 0 Å². The molecule has 11 heavy (non-hydrogen) atoms. The Morgan fingerprint density at radius 3 is 2.82 bits per heavy atom. The molecule has 1 unspecified atom stereocenters. The van der Waals surface area contributed by atoms with Crippen LogP contribution in [0.3, 0.4) is 0 Å². The minimum atomic E-state index is 0.458. The first-order valence-electron chi connectivity index (χ1n) is 3.90. The summed E-state index contributed by atoms with van der Waals surface area (Å²) < 4.78 is 0. The standard InChI is InChI=1S/C8H14N2S/c1-3-7(4-9)8-5-11-6(2)10-8/h5,7H,3-4,9H2,1-2H3. The third kappa shape index (κ3) is 2.01. The number of nitrogens with two attached hydrogens (primary N) is 1. The molecule has 0 saturated carbocycles. The Labute approximate surface area is 71.5 Å². The summed E-state index contributed by atoms with van der Waals surface area (Å²) in [5, 5.41) is 3.24. The highest BCUT2D eigenvalue weighted by molar-refractivity contribution is 7.09. The van der Waals surface area contributed by atoms with Gasteiger partial charge in [0, 0.05) is 17.8 Å². The van der Waals surface area contributed by atoms with Gasteiger partial charge < -0.3 is 5.73 Å². The topological polar surface area (TPSA) is 38.9 Å². The molecule has 0 aliphatic heterocycles. The van der Waals surface area contributed by atoms with Crippen LogP contribution in [0.25, 0.3) is 0 Å². The molecule has 1 rings (SSSR count). The minimum absolute atomic E-state index is 0.458. The Bertz CT molecular complexity index is 216. The zero-order chi connectivity index (χ0) is 8.27. The fourth-order valence-corrected chi connectivity index (χ4v) is 1.76. The van der Waals surface area contributed by atoms with E-state index in [1.54, 1.807) is 11.3 Å². The number of hydrogen-bond donors (Lipinski definition) is 1. The minimum Gasteiger partial charge on any atom is -0.330 e. The first-order chi connectivity index (χ1) is 5.27. The molecule has 0 spiro atoms. The van der Waals surface area contributed by atoms with Crippen molar-refractivity contribution in [3.8, 4) is 0 Å². The van der Waals surface area contributed by atoms with Crippen molar-refractivity contribution in [3.05, 3.63) is 16.1 Å². The quantitative estimate of drug-likeness (QED) is 0.752. The van der Waals surface area contributed by atoms with Crippen LogP contribution >= 0.6 is 11.3 Å². The molecule has 0 radical (unpaired) electrons. The number of hydrogen-bond acceptors (Lipinski definition) is 3. The van der Waals surface area contributed by atoms with Crippen LogP contribution in [0.5, 0.6) is 0 Å². The third-order valence-corrected chi connectivity index (χ3v) is 2.62. The van der Waals surface area contributed by atoms with Crippen molar-refractivity contribution in [1.82, 2.24) is 4.98 Å². The predicted octanol–water partition coefficient (Wildman–Crippen LogP) is 1.90. The van der Waals surface area contributed by atoms with Crippen LogP contribution in [0.4, 0.5) is 0 Å². The lowest BCUT2D eigenvalue weighted by molar-refractivity contribution is 0.657. The highest BCUT2D eigenvalue weighted by Gasteiger charge is 2.09. The predicted molar refractivity (Wildman–Crippen MR) is 48.9 cm³/mol. The smallest absolute Gasteiger partial charge is 0.0897 e. The largest absolute Gasteiger partial charge is 0.330 e. The molecule has 62 valence electrons. The molecule has 1 aromatic heterocycles. The van der Waals surface area contributed by atoms with E-state index in [0.29, 0.717) is 12.5 Å². The Morgan fingerprint density at radius 2 is 2.45 bits per heavy atom. The highest BCUT2D eigenvalue weighted by Crippen LogP contribution is 2.19. The second-order valence-corrected chi connectivity index (χ2v) is 3.69. The van der Waals surface area contributed by atoms with Crippen molar-refractivity contribution in [1.29, 1.82) is 0 Å². The molecule has 0 aliphatic rings. The Balaban J connectivity index is 2.73. The summed E-state index contributed by atoms with van der Waals surface area (Å²) in [5.74, 6) is 0.458. The molecule has 2 N–H and O–H groups in total. The molecule has 0 fully saturated rings. The van der Waals surface area contributed by atoms with Crippen molar-refractivity contribution in [2.24, 2.45) is 5.73 Å². The van der Waals surface area contributed by atoms with Gasteiger partial charge in [0.05, 0.1) is 10.7 Å². The second-order valence-electron chi connectivity index (χ2n) is 2.63. The lowest BCUT2D eigenvalue weighted by Crippen LogP contribution is -2.11. The summed E-state index contributed by atoms with van der Waals surface area (Å²) in [6.45, 7) is 4.88. The number of nitrogens with zero attached hydrogens (tertiary/aromatic N) is 1. The Kier molecular flexibility index (Phi) is 3.02. The second kappa shape index (κ2) is 3.83. The SMILES string of the molecule is CCC(CN)c1csc(C)n1. The summed E-state index contributed by atoms with van der Waals surface area (Å²) in [4.78, 5) is 4.39. The van der Waals surface area contributed by atoms with E-state index < -0.39 is 0 Å². The fraction of sp³-hybridized carbons (Fsp3) is 0.625. The highest BCUT2D eigenvalue weighted by atomic mass is 32.1. The van der Waals surface area contributed by atoms with E-state index in [9.17, 15) is 0 Å². The molecule has 1 aromatic rings. The maximum absolute atomic E-state index is 5.59. The molecular weight excluding hydrogens is 156 g/mol. The normalized spacial score (nSPS) is 13.4. The van der Waals surface area contributed by atoms with Crippen LogP contribution in [-0.2, 0) is 0 Å². The van der Waals surface area contributed by atoms with E-state index in [2.05, 4.69) is 17.3 Å². The van der Waals surface area contributed by atoms with Gasteiger partial charge in [-0.3, -0.25) is 0 Å². The van der Waals surface area contributed by atoms with Crippen molar-refractivity contribution >= 4 is 11.3 Å². The van der Waals surface area contributed by atoms with Crippen LogP contribution in [0.2, 0.25) is 0 Å². The van der Waals surface area contributed by atoms with Gasteiger partial charge in [0.1, 0.15) is 0 Å².